The molecule has 0 saturated carbocycles. The summed E-state index contributed by atoms with van der Waals surface area (Å²) in [5.41, 5.74) is 2.07. The third-order valence-corrected chi connectivity index (χ3v) is 2.53. The number of rotatable bonds is 7. The molecule has 3 nitrogen and oxygen atoms in total. The zero-order chi connectivity index (χ0) is 13.2. The minimum Gasteiger partial charge on any atom is -0.481 e. The van der Waals surface area contributed by atoms with Gasteiger partial charge in [0.05, 0.1) is 0 Å². The fourth-order valence-corrected chi connectivity index (χ4v) is 1.66. The minimum atomic E-state index is -0.714. The van der Waals surface area contributed by atoms with Crippen molar-refractivity contribution in [2.45, 2.75) is 32.6 Å². The Morgan fingerprint density at radius 3 is 2.89 bits per heavy atom. The first-order valence-corrected chi connectivity index (χ1v) is 6.21. The molecule has 3 heteroatoms. The first kappa shape index (κ1) is 14.1. The molecule has 0 amide bonds. The third kappa shape index (κ3) is 5.95. The zero-order valence-electron chi connectivity index (χ0n) is 10.7. The molecule has 0 saturated heterocycles. The molecule has 0 aliphatic heterocycles. The second-order valence-electron chi connectivity index (χ2n) is 4.09. The maximum absolute atomic E-state index is 10.3. The lowest BCUT2D eigenvalue weighted by Gasteiger charge is -2.06. The first-order chi connectivity index (χ1) is 8.72. The van der Waals surface area contributed by atoms with Crippen LogP contribution in [0.4, 0.5) is 5.69 Å². The van der Waals surface area contributed by atoms with Gasteiger partial charge in [-0.1, -0.05) is 18.4 Å². The summed E-state index contributed by atoms with van der Waals surface area (Å²) in [5.74, 6) is 5.17. The average molecular weight is 245 g/mol. The summed E-state index contributed by atoms with van der Waals surface area (Å²) in [6.07, 6.45) is 2.94. The molecule has 1 rings (SSSR count). The Morgan fingerprint density at radius 2 is 2.17 bits per heavy atom. The third-order valence-electron chi connectivity index (χ3n) is 2.53. The van der Waals surface area contributed by atoms with E-state index in [2.05, 4.69) is 17.2 Å². The van der Waals surface area contributed by atoms with E-state index < -0.39 is 5.97 Å². The minimum absolute atomic E-state index is 0.265. The highest BCUT2D eigenvalue weighted by atomic mass is 16.4. The van der Waals surface area contributed by atoms with E-state index in [1.54, 1.807) is 0 Å². The molecule has 1 aromatic rings. The van der Waals surface area contributed by atoms with Crippen LogP contribution in [0.1, 0.15) is 38.2 Å². The summed E-state index contributed by atoms with van der Waals surface area (Å²) in [7, 11) is 0. The van der Waals surface area contributed by atoms with Crippen molar-refractivity contribution in [2.75, 3.05) is 11.9 Å². The van der Waals surface area contributed by atoms with Gasteiger partial charge in [0, 0.05) is 24.2 Å². The van der Waals surface area contributed by atoms with Crippen molar-refractivity contribution in [1.29, 1.82) is 0 Å². The second-order valence-corrected chi connectivity index (χ2v) is 4.09. The topological polar surface area (TPSA) is 49.3 Å². The number of hydrogen-bond donors (Lipinski definition) is 2. The van der Waals surface area contributed by atoms with Crippen LogP contribution >= 0.6 is 0 Å². The van der Waals surface area contributed by atoms with Gasteiger partial charge in [0.25, 0.3) is 0 Å². The number of unbranched alkanes of at least 4 members (excludes halogenated alkanes) is 2. The molecule has 2 N–H and O–H groups in total. The highest BCUT2D eigenvalue weighted by molar-refractivity contribution is 5.66. The van der Waals surface area contributed by atoms with Crippen LogP contribution in [0.5, 0.6) is 0 Å². The largest absolute Gasteiger partial charge is 0.481 e. The molecule has 0 heterocycles. The van der Waals surface area contributed by atoms with Crippen molar-refractivity contribution < 1.29 is 9.90 Å². The molecule has 0 spiro atoms. The number of carboxylic acids is 1. The fraction of sp³-hybridized carbons (Fsp3) is 0.400. The molecule has 0 bridgehead atoms. The first-order valence-electron chi connectivity index (χ1n) is 6.21. The van der Waals surface area contributed by atoms with E-state index in [0.29, 0.717) is 0 Å². The summed E-state index contributed by atoms with van der Waals surface area (Å²) >= 11 is 0. The Hall–Kier alpha value is -1.95. The SMILES string of the molecule is CC#Cc1cccc(NCCCCCC(=O)O)c1. The lowest BCUT2D eigenvalue weighted by atomic mass is 10.2. The van der Waals surface area contributed by atoms with E-state index in [0.717, 1.165) is 37.1 Å². The van der Waals surface area contributed by atoms with Gasteiger partial charge in [-0.25, -0.2) is 0 Å². The van der Waals surface area contributed by atoms with Crippen LogP contribution in [0.3, 0.4) is 0 Å². The smallest absolute Gasteiger partial charge is 0.303 e. The van der Waals surface area contributed by atoms with Gasteiger partial charge in [-0.15, -0.1) is 5.92 Å². The standard InChI is InChI=1S/C15H19NO2/c1-2-7-13-8-6-9-14(12-13)16-11-5-3-4-10-15(17)18/h6,8-9,12,16H,3-5,10-11H2,1H3,(H,17,18). The molecule has 0 aliphatic carbocycles. The Bertz CT molecular complexity index is 443. The Labute approximate surface area is 108 Å². The van der Waals surface area contributed by atoms with Crippen LogP contribution in [0.2, 0.25) is 0 Å². The number of carbonyl (C=O) groups is 1. The van der Waals surface area contributed by atoms with Crippen molar-refractivity contribution in [3.8, 4) is 11.8 Å². The predicted molar refractivity (Wildman–Crippen MR) is 73.6 cm³/mol. The molecule has 0 aliphatic rings. The lowest BCUT2D eigenvalue weighted by molar-refractivity contribution is -0.137. The monoisotopic (exact) mass is 245 g/mol. The van der Waals surface area contributed by atoms with Crippen LogP contribution in [0, 0.1) is 11.8 Å². The van der Waals surface area contributed by atoms with E-state index in [9.17, 15) is 4.79 Å². The number of anilines is 1. The van der Waals surface area contributed by atoms with E-state index >= 15 is 0 Å². The maximum Gasteiger partial charge on any atom is 0.303 e. The number of benzene rings is 1. The summed E-state index contributed by atoms with van der Waals surface area (Å²) < 4.78 is 0. The van der Waals surface area contributed by atoms with Gasteiger partial charge in [-0.3, -0.25) is 4.79 Å². The zero-order valence-corrected chi connectivity index (χ0v) is 10.7. The van der Waals surface area contributed by atoms with Crippen LogP contribution in [-0.2, 0) is 4.79 Å². The summed E-state index contributed by atoms with van der Waals surface area (Å²) in [4.78, 5) is 10.3. The normalized spacial score (nSPS) is 9.39. The van der Waals surface area contributed by atoms with Gasteiger partial charge >= 0.3 is 5.97 Å². The van der Waals surface area contributed by atoms with Crippen molar-refractivity contribution >= 4 is 11.7 Å². The Balaban J connectivity index is 2.24. The van der Waals surface area contributed by atoms with Gasteiger partial charge in [0.15, 0.2) is 0 Å². The number of hydrogen-bond acceptors (Lipinski definition) is 2. The molecule has 0 unspecified atom stereocenters. The lowest BCUT2D eigenvalue weighted by Crippen LogP contribution is -2.02. The molecule has 18 heavy (non-hydrogen) atoms. The van der Waals surface area contributed by atoms with E-state index in [1.807, 2.05) is 31.2 Å². The number of carboxylic acid groups (broad SMARTS) is 1. The van der Waals surface area contributed by atoms with Gasteiger partial charge in [0.1, 0.15) is 0 Å². The van der Waals surface area contributed by atoms with Crippen LogP contribution in [-0.4, -0.2) is 17.6 Å². The van der Waals surface area contributed by atoms with Crippen molar-refractivity contribution in [2.24, 2.45) is 0 Å². The van der Waals surface area contributed by atoms with E-state index in [1.165, 1.54) is 0 Å². The molecule has 96 valence electrons. The number of aliphatic carboxylic acids is 1. The summed E-state index contributed by atoms with van der Waals surface area (Å²) in [5, 5.41) is 11.8. The average Bonchev–Trinajstić information content (AvgIpc) is 2.34. The van der Waals surface area contributed by atoms with Gasteiger partial charge in [-0.05, 0) is 38.0 Å². The van der Waals surface area contributed by atoms with E-state index in [-0.39, 0.29) is 6.42 Å². The highest BCUT2D eigenvalue weighted by Crippen LogP contribution is 2.10. The van der Waals surface area contributed by atoms with Crippen molar-refractivity contribution in [3.05, 3.63) is 29.8 Å². The molecular weight excluding hydrogens is 226 g/mol. The van der Waals surface area contributed by atoms with Gasteiger partial charge in [-0.2, -0.15) is 0 Å². The van der Waals surface area contributed by atoms with Gasteiger partial charge in [0.2, 0.25) is 0 Å². The highest BCUT2D eigenvalue weighted by Gasteiger charge is 1.97. The number of nitrogens with one attached hydrogen (secondary N) is 1. The molecule has 0 radical (unpaired) electrons. The molecule has 0 atom stereocenters. The maximum atomic E-state index is 10.3. The summed E-state index contributed by atoms with van der Waals surface area (Å²) in [6.45, 7) is 2.69. The van der Waals surface area contributed by atoms with Crippen LogP contribution < -0.4 is 5.32 Å². The van der Waals surface area contributed by atoms with Crippen LogP contribution in [0.15, 0.2) is 24.3 Å². The molecule has 1 aromatic carbocycles. The van der Waals surface area contributed by atoms with Crippen molar-refractivity contribution in [1.82, 2.24) is 0 Å². The van der Waals surface area contributed by atoms with Crippen molar-refractivity contribution in [3.63, 3.8) is 0 Å². The molecular formula is C15H19NO2. The Kier molecular flexibility index (Phi) is 6.42. The van der Waals surface area contributed by atoms with Crippen LogP contribution in [0.25, 0.3) is 0 Å². The quantitative estimate of drug-likeness (QED) is 0.573. The predicted octanol–water partition coefficient (Wildman–Crippen LogP) is 3.11. The molecule has 0 aromatic heterocycles. The molecule has 0 fully saturated rings. The van der Waals surface area contributed by atoms with E-state index in [4.69, 9.17) is 5.11 Å². The van der Waals surface area contributed by atoms with Gasteiger partial charge < -0.3 is 10.4 Å². The Morgan fingerprint density at radius 1 is 1.33 bits per heavy atom. The summed E-state index contributed by atoms with van der Waals surface area (Å²) in [6, 6.07) is 7.99. The fourth-order valence-electron chi connectivity index (χ4n) is 1.66. The second kappa shape index (κ2) is 8.19.